The van der Waals surface area contributed by atoms with Crippen LogP contribution in [0, 0.1) is 0 Å². The Kier molecular flexibility index (Phi) is 15.1. The molecule has 2 atom stereocenters. The lowest BCUT2D eigenvalue weighted by Gasteiger charge is -2.24. The number of rotatable bonds is 18. The molecule has 16 nitrogen and oxygen atoms in total. The van der Waals surface area contributed by atoms with E-state index < -0.39 is 36.1 Å². The zero-order valence-electron chi connectivity index (χ0n) is 31.1. The van der Waals surface area contributed by atoms with E-state index in [4.69, 9.17) is 28.4 Å². The van der Waals surface area contributed by atoms with Gasteiger partial charge in [-0.1, -0.05) is 49.6 Å². The van der Waals surface area contributed by atoms with E-state index in [0.29, 0.717) is 12.8 Å². The van der Waals surface area contributed by atoms with Crippen LogP contribution in [0.4, 0.5) is 21.0 Å². The zero-order valence-corrected chi connectivity index (χ0v) is 31.1. The third kappa shape index (κ3) is 10.6. The number of nitrogens with one attached hydrogen (secondary N) is 2. The van der Waals surface area contributed by atoms with Crippen molar-refractivity contribution in [1.82, 2.24) is 9.80 Å². The van der Waals surface area contributed by atoms with Crippen molar-refractivity contribution >= 4 is 35.4 Å². The van der Waals surface area contributed by atoms with Crippen molar-refractivity contribution in [3.8, 4) is 23.0 Å². The number of anilines is 2. The molecule has 1 unspecified atom stereocenters. The van der Waals surface area contributed by atoms with E-state index in [9.17, 15) is 29.4 Å². The lowest BCUT2D eigenvalue weighted by atomic mass is 10.1. The van der Waals surface area contributed by atoms with E-state index in [-0.39, 0.29) is 105 Å². The summed E-state index contributed by atoms with van der Waals surface area (Å²) >= 11 is 0. The number of aliphatic hydroxyl groups is 2. The van der Waals surface area contributed by atoms with Gasteiger partial charge >= 0.3 is 12.2 Å². The van der Waals surface area contributed by atoms with Gasteiger partial charge in [-0.25, -0.2) is 9.59 Å². The van der Waals surface area contributed by atoms with Crippen molar-refractivity contribution in [3.63, 3.8) is 0 Å². The topological polar surface area (TPSA) is 195 Å². The van der Waals surface area contributed by atoms with Gasteiger partial charge in [-0.05, 0) is 25.0 Å². The minimum atomic E-state index is -0.816. The Morgan fingerprint density at radius 3 is 1.45 bits per heavy atom. The van der Waals surface area contributed by atoms with Crippen molar-refractivity contribution in [2.75, 3.05) is 77.6 Å². The highest BCUT2D eigenvalue weighted by atomic mass is 16.6. The van der Waals surface area contributed by atoms with Crippen molar-refractivity contribution < 1.29 is 57.8 Å². The minimum Gasteiger partial charge on any atom is -0.496 e. The first-order valence-electron chi connectivity index (χ1n) is 17.4. The van der Waals surface area contributed by atoms with E-state index >= 15 is 0 Å². The largest absolute Gasteiger partial charge is 0.496 e. The number of aliphatic hydroxyl groups excluding tert-OH is 2. The second-order valence-electron chi connectivity index (χ2n) is 12.6. The molecular formula is C39H48N4O12. The van der Waals surface area contributed by atoms with Gasteiger partial charge in [-0.15, -0.1) is 0 Å². The molecule has 2 heterocycles. The Bertz CT molecular complexity index is 1670. The smallest absolute Gasteiger partial charge is 0.412 e. The fraction of sp³-hybridized carbons (Fsp3) is 0.385. The first-order valence-corrected chi connectivity index (χ1v) is 17.4. The molecule has 0 aliphatic carbocycles. The summed E-state index contributed by atoms with van der Waals surface area (Å²) in [5.74, 6) is -0.207. The maximum atomic E-state index is 13.7. The number of ether oxygens (including phenoxy) is 6. The van der Waals surface area contributed by atoms with Crippen molar-refractivity contribution in [1.29, 1.82) is 0 Å². The maximum absolute atomic E-state index is 13.7. The van der Waals surface area contributed by atoms with E-state index in [1.807, 2.05) is 0 Å². The summed E-state index contributed by atoms with van der Waals surface area (Å²) < 4.78 is 33.3. The summed E-state index contributed by atoms with van der Waals surface area (Å²) in [4.78, 5) is 55.4. The predicted octanol–water partition coefficient (Wildman–Crippen LogP) is 4.55. The maximum Gasteiger partial charge on any atom is 0.412 e. The number of methoxy groups -OCH3 is 2. The van der Waals surface area contributed by atoms with Gasteiger partial charge < -0.3 is 48.4 Å². The molecule has 0 bridgehead atoms. The van der Waals surface area contributed by atoms with Crippen LogP contribution >= 0.6 is 0 Å². The molecule has 0 aromatic heterocycles. The average molecular weight is 765 g/mol. The van der Waals surface area contributed by atoms with Crippen LogP contribution in [0.5, 0.6) is 23.0 Å². The average Bonchev–Trinajstić information content (AvgIpc) is 3.77. The van der Waals surface area contributed by atoms with Gasteiger partial charge in [0.05, 0.1) is 75.2 Å². The highest BCUT2D eigenvalue weighted by Crippen LogP contribution is 2.38. The molecule has 2 aromatic carbocycles. The summed E-state index contributed by atoms with van der Waals surface area (Å²) in [6, 6.07) is 4.84. The molecule has 0 spiro atoms. The van der Waals surface area contributed by atoms with Crippen LogP contribution in [0.1, 0.15) is 40.0 Å². The Labute approximate surface area is 319 Å². The summed E-state index contributed by atoms with van der Waals surface area (Å²) in [6.45, 7) is 15.0. The number of carbonyl (C=O) groups excluding carboxylic acids is 4. The molecule has 2 aliphatic heterocycles. The van der Waals surface area contributed by atoms with Crippen LogP contribution in [-0.2, 0) is 9.47 Å². The van der Waals surface area contributed by atoms with Gasteiger partial charge in [-0.3, -0.25) is 20.2 Å². The quantitative estimate of drug-likeness (QED) is 0.122. The first-order chi connectivity index (χ1) is 26.5. The molecule has 2 aliphatic rings. The molecule has 296 valence electrons. The van der Waals surface area contributed by atoms with Crippen LogP contribution in [0.3, 0.4) is 0 Å². The van der Waals surface area contributed by atoms with Gasteiger partial charge in [0, 0.05) is 31.6 Å². The molecule has 0 saturated carbocycles. The standard InChI is InChI=1S/C39H48N4O12/c1-7-10-54-38(48)40-30-16-28(36(46)42-20-24(3)14-26(42)22-44)32(50-5)18-34(30)52-12-9-13-53-35-19-33(51-6)29(17-31(35)41-39(49)55-11-8-2)37(47)43-21-25(4)15-27(43)23-45/h7-8,16-19,26-27,44-45H,1-4,9-15,20-23H2,5-6H3,(H,40,48)(H,41,49)/t26-,27?/m0/s1. The molecule has 2 aromatic rings. The lowest BCUT2D eigenvalue weighted by molar-refractivity contribution is 0.0670. The van der Waals surface area contributed by atoms with Gasteiger partial charge in [0.2, 0.25) is 0 Å². The molecule has 55 heavy (non-hydrogen) atoms. The van der Waals surface area contributed by atoms with Gasteiger partial charge in [0.1, 0.15) is 36.2 Å². The number of nitrogens with zero attached hydrogens (tertiary/aromatic N) is 2. The van der Waals surface area contributed by atoms with Crippen molar-refractivity contribution in [2.45, 2.75) is 31.3 Å². The highest BCUT2D eigenvalue weighted by molar-refractivity contribution is 6.01. The SMILES string of the molecule is C=CCOC(=O)Nc1cc(C(=O)N2CC(=C)CC2CO)c(OC)cc1OCCCOc1cc(OC)c(C(=O)N2CC(=C)C[C@H]2CO)cc1NC(=O)OCC=C. The summed E-state index contributed by atoms with van der Waals surface area (Å²) in [6.07, 6.45) is 2.36. The molecule has 2 saturated heterocycles. The minimum absolute atomic E-state index is 0.0462. The Morgan fingerprint density at radius 1 is 0.709 bits per heavy atom. The van der Waals surface area contributed by atoms with Crippen LogP contribution in [-0.4, -0.2) is 123 Å². The van der Waals surface area contributed by atoms with E-state index in [1.54, 1.807) is 0 Å². The third-order valence-corrected chi connectivity index (χ3v) is 8.67. The molecule has 0 radical (unpaired) electrons. The summed E-state index contributed by atoms with van der Waals surface area (Å²) in [7, 11) is 2.78. The molecule has 2 fully saturated rings. The van der Waals surface area contributed by atoms with Crippen LogP contribution in [0.15, 0.2) is 73.9 Å². The number of carbonyl (C=O) groups is 4. The van der Waals surface area contributed by atoms with Crippen molar-refractivity contribution in [2.24, 2.45) is 0 Å². The van der Waals surface area contributed by atoms with Crippen LogP contribution in [0.25, 0.3) is 0 Å². The van der Waals surface area contributed by atoms with Gasteiger partial charge in [0.25, 0.3) is 11.8 Å². The molecule has 4 rings (SSSR count). The van der Waals surface area contributed by atoms with E-state index in [1.165, 1.54) is 60.4 Å². The fourth-order valence-electron chi connectivity index (χ4n) is 6.08. The monoisotopic (exact) mass is 764 g/mol. The molecular weight excluding hydrogens is 716 g/mol. The normalized spacial score (nSPS) is 16.3. The number of likely N-dealkylation sites (tertiary alicyclic amines) is 2. The molecule has 4 N–H and O–H groups in total. The number of hydrogen-bond acceptors (Lipinski definition) is 12. The highest BCUT2D eigenvalue weighted by Gasteiger charge is 2.34. The number of hydrogen-bond donors (Lipinski definition) is 4. The summed E-state index contributed by atoms with van der Waals surface area (Å²) in [5, 5.41) is 24.9. The first kappa shape index (κ1) is 41.8. The summed E-state index contributed by atoms with van der Waals surface area (Å²) in [5.41, 5.74) is 2.07. The number of amides is 4. The number of benzene rings is 2. The van der Waals surface area contributed by atoms with E-state index in [2.05, 4.69) is 36.9 Å². The lowest BCUT2D eigenvalue weighted by Crippen LogP contribution is -2.37. The van der Waals surface area contributed by atoms with Crippen LogP contribution < -0.4 is 29.6 Å². The molecule has 16 heteroatoms. The van der Waals surface area contributed by atoms with Gasteiger partial charge in [-0.2, -0.15) is 0 Å². The zero-order chi connectivity index (χ0) is 40.1. The van der Waals surface area contributed by atoms with E-state index in [0.717, 1.165) is 11.1 Å². The van der Waals surface area contributed by atoms with Gasteiger partial charge in [0.15, 0.2) is 0 Å². The second-order valence-corrected chi connectivity index (χ2v) is 12.6. The Balaban J connectivity index is 1.54. The van der Waals surface area contributed by atoms with Crippen molar-refractivity contribution in [3.05, 3.63) is 85.0 Å². The predicted molar refractivity (Wildman–Crippen MR) is 203 cm³/mol. The third-order valence-electron chi connectivity index (χ3n) is 8.67. The van der Waals surface area contributed by atoms with Crippen LogP contribution in [0.2, 0.25) is 0 Å². The second kappa shape index (κ2) is 19.9. The molecule has 4 amide bonds. The Hall–Kier alpha value is -6.00. The Morgan fingerprint density at radius 2 is 1.11 bits per heavy atom. The fourth-order valence-corrected chi connectivity index (χ4v) is 6.08.